The second kappa shape index (κ2) is 5.80. The van der Waals surface area contributed by atoms with Gasteiger partial charge in [0.15, 0.2) is 0 Å². The van der Waals surface area contributed by atoms with Crippen LogP contribution in [0, 0.1) is 5.92 Å². The maximum atomic E-state index is 4.97. The Morgan fingerprint density at radius 2 is 1.90 bits per heavy atom. The van der Waals surface area contributed by atoms with Crippen molar-refractivity contribution in [3.05, 3.63) is 29.6 Å². The highest BCUT2D eigenvalue weighted by molar-refractivity contribution is 5.77. The fourth-order valence-electron chi connectivity index (χ4n) is 3.61. The first kappa shape index (κ1) is 14.6. The minimum Gasteiger partial charge on any atom is -0.331 e. The van der Waals surface area contributed by atoms with Crippen LogP contribution in [0.5, 0.6) is 0 Å². The Hall–Kier alpha value is -1.35. The molecule has 1 heterocycles. The van der Waals surface area contributed by atoms with Crippen LogP contribution in [0.4, 0.5) is 0 Å². The lowest BCUT2D eigenvalue weighted by molar-refractivity contribution is 0.337. The highest BCUT2D eigenvalue weighted by atomic mass is 15.1. The van der Waals surface area contributed by atoms with Crippen molar-refractivity contribution in [3.8, 4) is 0 Å². The van der Waals surface area contributed by atoms with E-state index in [9.17, 15) is 0 Å². The summed E-state index contributed by atoms with van der Waals surface area (Å²) in [5.41, 5.74) is 3.77. The normalized spacial score (nSPS) is 23.1. The van der Waals surface area contributed by atoms with Crippen LogP contribution in [0.25, 0.3) is 11.0 Å². The van der Waals surface area contributed by atoms with Crippen LogP contribution in [-0.4, -0.2) is 28.5 Å². The number of aromatic nitrogens is 2. The third-order valence-corrected chi connectivity index (χ3v) is 4.86. The minimum absolute atomic E-state index is 0.649. The van der Waals surface area contributed by atoms with Gasteiger partial charge in [-0.3, -0.25) is 0 Å². The van der Waals surface area contributed by atoms with Crippen molar-refractivity contribution < 1.29 is 0 Å². The second-order valence-electron chi connectivity index (χ2n) is 7.05. The van der Waals surface area contributed by atoms with Crippen LogP contribution in [0.1, 0.15) is 49.9 Å². The van der Waals surface area contributed by atoms with Gasteiger partial charge in [-0.1, -0.05) is 25.8 Å². The van der Waals surface area contributed by atoms with Crippen molar-refractivity contribution in [1.29, 1.82) is 0 Å². The standard InChI is InChI=1S/C18H27N3/c1-13-5-8-15(9-6-13)18-19-16-11-14(12-20(2)3)7-10-17(16)21(18)4/h7,10-11,13,15H,5-6,8-9,12H2,1-4H3. The van der Waals surface area contributed by atoms with Gasteiger partial charge in [0.2, 0.25) is 0 Å². The van der Waals surface area contributed by atoms with Crippen LogP contribution in [0.15, 0.2) is 18.2 Å². The zero-order chi connectivity index (χ0) is 15.0. The predicted octanol–water partition coefficient (Wildman–Crippen LogP) is 3.93. The van der Waals surface area contributed by atoms with E-state index in [1.807, 2.05) is 0 Å². The largest absolute Gasteiger partial charge is 0.331 e. The van der Waals surface area contributed by atoms with E-state index in [2.05, 4.69) is 55.7 Å². The van der Waals surface area contributed by atoms with Crippen LogP contribution in [-0.2, 0) is 13.6 Å². The van der Waals surface area contributed by atoms with Crippen molar-refractivity contribution in [2.45, 2.75) is 45.1 Å². The molecule has 3 rings (SSSR count). The number of hydrogen-bond donors (Lipinski definition) is 0. The maximum absolute atomic E-state index is 4.97. The molecule has 2 aromatic rings. The summed E-state index contributed by atoms with van der Waals surface area (Å²) >= 11 is 0. The summed E-state index contributed by atoms with van der Waals surface area (Å²) < 4.78 is 2.31. The number of hydrogen-bond acceptors (Lipinski definition) is 2. The van der Waals surface area contributed by atoms with E-state index in [0.29, 0.717) is 5.92 Å². The van der Waals surface area contributed by atoms with Gasteiger partial charge in [-0.25, -0.2) is 4.98 Å². The first-order valence-electron chi connectivity index (χ1n) is 8.14. The van der Waals surface area contributed by atoms with E-state index in [1.54, 1.807) is 0 Å². The molecule has 0 radical (unpaired) electrons. The molecule has 114 valence electrons. The molecule has 1 aromatic heterocycles. The molecule has 0 spiro atoms. The molecule has 0 aliphatic heterocycles. The lowest BCUT2D eigenvalue weighted by Gasteiger charge is -2.25. The van der Waals surface area contributed by atoms with Gasteiger partial charge in [0, 0.05) is 19.5 Å². The monoisotopic (exact) mass is 285 g/mol. The van der Waals surface area contributed by atoms with Gasteiger partial charge in [-0.05, 0) is 50.6 Å². The Labute approximate surface area is 128 Å². The van der Waals surface area contributed by atoms with Gasteiger partial charge in [-0.2, -0.15) is 0 Å². The van der Waals surface area contributed by atoms with Gasteiger partial charge in [0.25, 0.3) is 0 Å². The third kappa shape index (κ3) is 2.98. The molecule has 0 saturated heterocycles. The topological polar surface area (TPSA) is 21.1 Å². The van der Waals surface area contributed by atoms with E-state index in [4.69, 9.17) is 4.98 Å². The number of nitrogens with zero attached hydrogens (tertiary/aromatic N) is 3. The second-order valence-corrected chi connectivity index (χ2v) is 7.05. The van der Waals surface area contributed by atoms with E-state index in [1.165, 1.54) is 42.6 Å². The Morgan fingerprint density at radius 3 is 2.57 bits per heavy atom. The summed E-state index contributed by atoms with van der Waals surface area (Å²) in [6.45, 7) is 3.35. The molecular weight excluding hydrogens is 258 g/mol. The molecule has 0 N–H and O–H groups in total. The number of fused-ring (bicyclic) bond motifs is 1. The molecule has 0 unspecified atom stereocenters. The highest BCUT2D eigenvalue weighted by Gasteiger charge is 2.24. The predicted molar refractivity (Wildman–Crippen MR) is 88.5 cm³/mol. The smallest absolute Gasteiger partial charge is 0.112 e. The summed E-state index contributed by atoms with van der Waals surface area (Å²) in [6.07, 6.45) is 5.28. The molecule has 0 atom stereocenters. The Bertz CT molecular complexity index is 619. The molecule has 0 bridgehead atoms. The Kier molecular flexibility index (Phi) is 4.03. The molecular formula is C18H27N3. The molecule has 21 heavy (non-hydrogen) atoms. The van der Waals surface area contributed by atoms with E-state index < -0.39 is 0 Å². The van der Waals surface area contributed by atoms with Crippen molar-refractivity contribution in [3.63, 3.8) is 0 Å². The molecule has 1 aliphatic carbocycles. The first-order chi connectivity index (χ1) is 10.0. The van der Waals surface area contributed by atoms with Crippen LogP contribution in [0.2, 0.25) is 0 Å². The van der Waals surface area contributed by atoms with Gasteiger partial charge in [0.05, 0.1) is 11.0 Å². The van der Waals surface area contributed by atoms with Crippen molar-refractivity contribution in [2.24, 2.45) is 13.0 Å². The van der Waals surface area contributed by atoms with E-state index >= 15 is 0 Å². The van der Waals surface area contributed by atoms with E-state index in [-0.39, 0.29) is 0 Å². The van der Waals surface area contributed by atoms with Gasteiger partial charge in [-0.15, -0.1) is 0 Å². The zero-order valence-corrected chi connectivity index (χ0v) is 13.8. The van der Waals surface area contributed by atoms with Gasteiger partial charge in [0.1, 0.15) is 5.82 Å². The van der Waals surface area contributed by atoms with Crippen molar-refractivity contribution >= 4 is 11.0 Å². The minimum atomic E-state index is 0.649. The first-order valence-corrected chi connectivity index (χ1v) is 8.14. The fraction of sp³-hybridized carbons (Fsp3) is 0.611. The third-order valence-electron chi connectivity index (χ3n) is 4.86. The lowest BCUT2D eigenvalue weighted by Crippen LogP contribution is -2.14. The Balaban J connectivity index is 1.91. The number of rotatable bonds is 3. The molecule has 3 nitrogen and oxygen atoms in total. The fourth-order valence-corrected chi connectivity index (χ4v) is 3.61. The summed E-state index contributed by atoms with van der Waals surface area (Å²) in [6, 6.07) is 6.72. The number of imidazole rings is 1. The molecule has 0 amide bonds. The van der Waals surface area contributed by atoms with E-state index in [0.717, 1.165) is 18.0 Å². The summed E-state index contributed by atoms with van der Waals surface area (Å²) in [5.74, 6) is 2.83. The molecule has 1 aromatic carbocycles. The van der Waals surface area contributed by atoms with Crippen LogP contribution >= 0.6 is 0 Å². The van der Waals surface area contributed by atoms with Gasteiger partial charge < -0.3 is 9.47 Å². The number of benzene rings is 1. The molecule has 1 fully saturated rings. The maximum Gasteiger partial charge on any atom is 0.112 e. The average Bonchev–Trinajstić information content (AvgIpc) is 2.76. The summed E-state index contributed by atoms with van der Waals surface area (Å²) in [4.78, 5) is 7.18. The molecule has 1 aliphatic rings. The van der Waals surface area contributed by atoms with Gasteiger partial charge >= 0.3 is 0 Å². The zero-order valence-electron chi connectivity index (χ0n) is 13.8. The quantitative estimate of drug-likeness (QED) is 0.852. The summed E-state index contributed by atoms with van der Waals surface area (Å²) in [7, 11) is 6.39. The number of aryl methyl sites for hydroxylation is 1. The Morgan fingerprint density at radius 1 is 1.19 bits per heavy atom. The summed E-state index contributed by atoms with van der Waals surface area (Å²) in [5, 5.41) is 0. The highest BCUT2D eigenvalue weighted by Crippen LogP contribution is 2.36. The average molecular weight is 285 g/mol. The van der Waals surface area contributed by atoms with Crippen LogP contribution < -0.4 is 0 Å². The SMILES string of the molecule is CC1CCC(c2nc3cc(CN(C)C)ccc3n2C)CC1. The van der Waals surface area contributed by atoms with Crippen LogP contribution in [0.3, 0.4) is 0 Å². The van der Waals surface area contributed by atoms with Crippen molar-refractivity contribution in [1.82, 2.24) is 14.5 Å². The lowest BCUT2D eigenvalue weighted by atomic mass is 9.82. The molecule has 3 heteroatoms. The molecule has 1 saturated carbocycles. The van der Waals surface area contributed by atoms with Crippen molar-refractivity contribution in [2.75, 3.05) is 14.1 Å².